The highest BCUT2D eigenvalue weighted by atomic mass is 19.1. The summed E-state index contributed by atoms with van der Waals surface area (Å²) in [5, 5.41) is 0. The Bertz CT molecular complexity index is 379. The Morgan fingerprint density at radius 3 is 2.93 bits per heavy atom. The summed E-state index contributed by atoms with van der Waals surface area (Å²) < 4.78 is 18.4. The van der Waals surface area contributed by atoms with Crippen LogP contribution >= 0.6 is 0 Å². The Morgan fingerprint density at radius 1 is 1.47 bits per heavy atom. The standard InChI is InChI=1S/C12H14FNO/c1-2-8-15-12-6-5-11(13)9-10(12)4-3-7-14/h5-6,9H,2,7-8,14H2,1H3. The summed E-state index contributed by atoms with van der Waals surface area (Å²) in [5.41, 5.74) is 5.81. The van der Waals surface area contributed by atoms with E-state index < -0.39 is 0 Å². The predicted octanol–water partition coefficient (Wildman–Crippen LogP) is 1.92. The van der Waals surface area contributed by atoms with E-state index >= 15 is 0 Å². The lowest BCUT2D eigenvalue weighted by Crippen LogP contribution is -1.98. The second-order valence-electron chi connectivity index (χ2n) is 2.99. The highest BCUT2D eigenvalue weighted by molar-refractivity contribution is 5.46. The van der Waals surface area contributed by atoms with E-state index in [9.17, 15) is 4.39 Å². The molecular weight excluding hydrogens is 193 g/mol. The van der Waals surface area contributed by atoms with Gasteiger partial charge in [0.25, 0.3) is 0 Å². The van der Waals surface area contributed by atoms with Crippen LogP contribution in [-0.4, -0.2) is 13.2 Å². The number of rotatable bonds is 3. The van der Waals surface area contributed by atoms with E-state index in [1.165, 1.54) is 12.1 Å². The Labute approximate surface area is 89.2 Å². The topological polar surface area (TPSA) is 35.2 Å². The van der Waals surface area contributed by atoms with Gasteiger partial charge in [0.15, 0.2) is 0 Å². The van der Waals surface area contributed by atoms with Gasteiger partial charge in [-0.05, 0) is 24.6 Å². The molecule has 0 heterocycles. The lowest BCUT2D eigenvalue weighted by Gasteiger charge is -2.06. The average molecular weight is 207 g/mol. The summed E-state index contributed by atoms with van der Waals surface area (Å²) in [6.45, 7) is 2.86. The van der Waals surface area contributed by atoms with Gasteiger partial charge in [0.05, 0.1) is 18.7 Å². The van der Waals surface area contributed by atoms with Crippen molar-refractivity contribution in [2.45, 2.75) is 13.3 Å². The van der Waals surface area contributed by atoms with Gasteiger partial charge in [-0.15, -0.1) is 0 Å². The van der Waals surface area contributed by atoms with E-state index in [0.717, 1.165) is 6.42 Å². The molecule has 1 aromatic carbocycles. The van der Waals surface area contributed by atoms with Crippen LogP contribution in [0.4, 0.5) is 4.39 Å². The van der Waals surface area contributed by atoms with E-state index in [-0.39, 0.29) is 12.4 Å². The largest absolute Gasteiger partial charge is 0.492 e. The minimum atomic E-state index is -0.319. The molecule has 0 atom stereocenters. The highest BCUT2D eigenvalue weighted by Crippen LogP contribution is 2.18. The molecule has 0 spiro atoms. The van der Waals surface area contributed by atoms with Crippen molar-refractivity contribution in [2.24, 2.45) is 5.73 Å². The lowest BCUT2D eigenvalue weighted by atomic mass is 10.2. The van der Waals surface area contributed by atoms with Crippen molar-refractivity contribution in [1.29, 1.82) is 0 Å². The van der Waals surface area contributed by atoms with E-state index in [0.29, 0.717) is 17.9 Å². The van der Waals surface area contributed by atoms with Crippen LogP contribution in [0.1, 0.15) is 18.9 Å². The zero-order valence-corrected chi connectivity index (χ0v) is 8.72. The molecule has 15 heavy (non-hydrogen) atoms. The van der Waals surface area contributed by atoms with Crippen molar-refractivity contribution in [3.8, 4) is 17.6 Å². The molecule has 2 nitrogen and oxygen atoms in total. The SMILES string of the molecule is CCCOc1ccc(F)cc1C#CCN. The van der Waals surface area contributed by atoms with Gasteiger partial charge < -0.3 is 10.5 Å². The predicted molar refractivity (Wildman–Crippen MR) is 58.1 cm³/mol. The van der Waals surface area contributed by atoms with Crippen LogP contribution in [0.25, 0.3) is 0 Å². The number of ether oxygens (including phenoxy) is 1. The Hall–Kier alpha value is -1.53. The Balaban J connectivity index is 2.92. The Morgan fingerprint density at radius 2 is 2.27 bits per heavy atom. The first-order valence-electron chi connectivity index (χ1n) is 4.89. The van der Waals surface area contributed by atoms with Crippen molar-refractivity contribution in [2.75, 3.05) is 13.2 Å². The van der Waals surface area contributed by atoms with Crippen molar-refractivity contribution in [3.05, 3.63) is 29.6 Å². The van der Waals surface area contributed by atoms with Gasteiger partial charge in [0.2, 0.25) is 0 Å². The van der Waals surface area contributed by atoms with Crippen LogP contribution in [0, 0.1) is 17.7 Å². The van der Waals surface area contributed by atoms with Crippen LogP contribution < -0.4 is 10.5 Å². The van der Waals surface area contributed by atoms with Crippen LogP contribution in [-0.2, 0) is 0 Å². The van der Waals surface area contributed by atoms with E-state index in [4.69, 9.17) is 10.5 Å². The third kappa shape index (κ3) is 3.61. The molecule has 0 aliphatic carbocycles. The maximum absolute atomic E-state index is 12.9. The number of hydrogen-bond acceptors (Lipinski definition) is 2. The maximum atomic E-state index is 12.9. The second-order valence-corrected chi connectivity index (χ2v) is 2.99. The fraction of sp³-hybridized carbons (Fsp3) is 0.333. The van der Waals surface area contributed by atoms with Crippen LogP contribution in [0.5, 0.6) is 5.75 Å². The minimum absolute atomic E-state index is 0.254. The van der Waals surface area contributed by atoms with Gasteiger partial charge in [-0.2, -0.15) is 0 Å². The third-order valence-corrected chi connectivity index (χ3v) is 1.73. The molecule has 0 bridgehead atoms. The molecule has 0 unspecified atom stereocenters. The Kier molecular flexibility index (Phi) is 4.65. The van der Waals surface area contributed by atoms with Gasteiger partial charge in [-0.25, -0.2) is 4.39 Å². The van der Waals surface area contributed by atoms with Crippen LogP contribution in [0.2, 0.25) is 0 Å². The highest BCUT2D eigenvalue weighted by Gasteiger charge is 2.02. The summed E-state index contributed by atoms with van der Waals surface area (Å²) in [6, 6.07) is 4.30. The van der Waals surface area contributed by atoms with Gasteiger partial charge in [-0.1, -0.05) is 18.8 Å². The van der Waals surface area contributed by atoms with Gasteiger partial charge in [-0.3, -0.25) is 0 Å². The molecule has 0 radical (unpaired) electrons. The van der Waals surface area contributed by atoms with Gasteiger partial charge in [0, 0.05) is 0 Å². The van der Waals surface area contributed by atoms with Gasteiger partial charge in [0.1, 0.15) is 11.6 Å². The first-order chi connectivity index (χ1) is 7.27. The summed E-state index contributed by atoms with van der Waals surface area (Å²) in [6.07, 6.45) is 0.904. The van der Waals surface area contributed by atoms with Crippen LogP contribution in [0.15, 0.2) is 18.2 Å². The first kappa shape index (κ1) is 11.5. The number of hydrogen-bond donors (Lipinski definition) is 1. The fourth-order valence-electron chi connectivity index (χ4n) is 1.08. The van der Waals surface area contributed by atoms with Gasteiger partial charge >= 0.3 is 0 Å². The monoisotopic (exact) mass is 207 g/mol. The fourth-order valence-corrected chi connectivity index (χ4v) is 1.08. The van der Waals surface area contributed by atoms with Crippen molar-refractivity contribution in [1.82, 2.24) is 0 Å². The third-order valence-electron chi connectivity index (χ3n) is 1.73. The van der Waals surface area contributed by atoms with Crippen molar-refractivity contribution >= 4 is 0 Å². The normalized spacial score (nSPS) is 9.27. The van der Waals surface area contributed by atoms with E-state index in [2.05, 4.69) is 11.8 Å². The molecule has 1 aromatic rings. The molecule has 0 aliphatic heterocycles. The quantitative estimate of drug-likeness (QED) is 0.768. The molecule has 0 aliphatic rings. The first-order valence-corrected chi connectivity index (χ1v) is 4.89. The summed E-state index contributed by atoms with van der Waals surface area (Å²) in [7, 11) is 0. The molecular formula is C12H14FNO. The number of halogens is 1. The maximum Gasteiger partial charge on any atom is 0.135 e. The summed E-state index contributed by atoms with van der Waals surface area (Å²) >= 11 is 0. The molecule has 1 rings (SSSR count). The number of nitrogens with two attached hydrogens (primary N) is 1. The molecule has 0 fully saturated rings. The molecule has 0 saturated carbocycles. The molecule has 2 N–H and O–H groups in total. The zero-order chi connectivity index (χ0) is 11.1. The lowest BCUT2D eigenvalue weighted by molar-refractivity contribution is 0.316. The minimum Gasteiger partial charge on any atom is -0.492 e. The average Bonchev–Trinajstić information content (AvgIpc) is 2.25. The molecule has 0 amide bonds. The molecule has 80 valence electrons. The zero-order valence-electron chi connectivity index (χ0n) is 8.72. The van der Waals surface area contributed by atoms with Crippen LogP contribution in [0.3, 0.4) is 0 Å². The molecule has 3 heteroatoms. The molecule has 0 aromatic heterocycles. The van der Waals surface area contributed by atoms with Crippen molar-refractivity contribution in [3.63, 3.8) is 0 Å². The smallest absolute Gasteiger partial charge is 0.135 e. The van der Waals surface area contributed by atoms with Crippen molar-refractivity contribution < 1.29 is 9.13 Å². The second kappa shape index (κ2) is 6.05. The van der Waals surface area contributed by atoms with E-state index in [1.807, 2.05) is 6.92 Å². The molecule has 0 saturated heterocycles. The van der Waals surface area contributed by atoms with E-state index in [1.54, 1.807) is 6.07 Å². The summed E-state index contributed by atoms with van der Waals surface area (Å²) in [5.74, 6) is 5.75. The number of benzene rings is 1. The summed E-state index contributed by atoms with van der Waals surface area (Å²) in [4.78, 5) is 0.